The first-order valence-electron chi connectivity index (χ1n) is 13.9. The molecule has 1 unspecified atom stereocenters. The standard InChI is InChI=1S/C30H40N8/c31-27-5-4-14-38(20-27)19-23-15-25(29(32)35-17-23)11-8-22-6-9-24(10-7-22)28-16-26-18-33-12-2-1-3-13-34-21-36-30(26)37-28/h6-7,9-10,15-18,21,27,37H,1-5,8,11-14,19-20,31H2,(H2,32,35)(H,34,36). The molecule has 8 heteroatoms. The number of aromatic amines is 1. The van der Waals surface area contributed by atoms with E-state index in [1.807, 2.05) is 12.4 Å². The Morgan fingerprint density at radius 2 is 1.79 bits per heavy atom. The molecule has 1 saturated heterocycles. The molecule has 0 saturated carbocycles. The van der Waals surface area contributed by atoms with E-state index in [4.69, 9.17) is 11.5 Å². The quantitative estimate of drug-likeness (QED) is 0.390. The van der Waals surface area contributed by atoms with Crippen molar-refractivity contribution in [2.24, 2.45) is 15.7 Å². The molecule has 5 rings (SSSR count). The van der Waals surface area contributed by atoms with Crippen molar-refractivity contribution in [1.82, 2.24) is 14.9 Å². The fraction of sp³-hybridized carbons (Fsp3) is 0.433. The fourth-order valence-corrected chi connectivity index (χ4v) is 5.25. The van der Waals surface area contributed by atoms with E-state index in [0.29, 0.717) is 5.82 Å². The Kier molecular flexibility index (Phi) is 8.83. The van der Waals surface area contributed by atoms with E-state index in [-0.39, 0.29) is 6.04 Å². The van der Waals surface area contributed by atoms with E-state index in [1.165, 1.54) is 11.1 Å². The molecule has 1 fully saturated rings. The Morgan fingerprint density at radius 3 is 2.63 bits per heavy atom. The lowest BCUT2D eigenvalue weighted by Crippen LogP contribution is -2.42. The third-order valence-corrected chi connectivity index (χ3v) is 7.41. The van der Waals surface area contributed by atoms with Crippen LogP contribution >= 0.6 is 0 Å². The molecular weight excluding hydrogens is 472 g/mol. The van der Waals surface area contributed by atoms with Gasteiger partial charge in [-0.05, 0) is 85.9 Å². The lowest BCUT2D eigenvalue weighted by atomic mass is 10.0. The molecule has 4 heterocycles. The van der Waals surface area contributed by atoms with Crippen molar-refractivity contribution < 1.29 is 0 Å². The smallest absolute Gasteiger partial charge is 0.126 e. The van der Waals surface area contributed by atoms with Gasteiger partial charge in [0.1, 0.15) is 11.6 Å². The monoisotopic (exact) mass is 512 g/mol. The van der Waals surface area contributed by atoms with Gasteiger partial charge in [-0.2, -0.15) is 0 Å². The molecule has 2 aromatic heterocycles. The number of nitrogen functional groups attached to an aromatic ring is 1. The van der Waals surface area contributed by atoms with E-state index in [1.54, 1.807) is 6.34 Å². The number of anilines is 2. The second kappa shape index (κ2) is 12.8. The summed E-state index contributed by atoms with van der Waals surface area (Å²) < 4.78 is 0. The molecule has 200 valence electrons. The van der Waals surface area contributed by atoms with Gasteiger partial charge >= 0.3 is 0 Å². The van der Waals surface area contributed by atoms with E-state index in [9.17, 15) is 0 Å². The van der Waals surface area contributed by atoms with Gasteiger partial charge in [0.15, 0.2) is 0 Å². The van der Waals surface area contributed by atoms with Gasteiger partial charge in [-0.25, -0.2) is 4.98 Å². The molecule has 0 amide bonds. The molecule has 0 radical (unpaired) electrons. The van der Waals surface area contributed by atoms with E-state index in [2.05, 4.69) is 66.6 Å². The largest absolute Gasteiger partial charge is 0.383 e. The first-order chi connectivity index (χ1) is 18.6. The highest BCUT2D eigenvalue weighted by Crippen LogP contribution is 2.25. The van der Waals surface area contributed by atoms with Crippen molar-refractivity contribution in [2.75, 3.05) is 37.2 Å². The first-order valence-corrected chi connectivity index (χ1v) is 13.9. The van der Waals surface area contributed by atoms with Crippen molar-refractivity contribution in [3.63, 3.8) is 0 Å². The summed E-state index contributed by atoms with van der Waals surface area (Å²) in [6.07, 6.45) is 13.1. The van der Waals surface area contributed by atoms with Crippen molar-refractivity contribution in [2.45, 2.75) is 57.5 Å². The van der Waals surface area contributed by atoms with Gasteiger partial charge < -0.3 is 21.8 Å². The van der Waals surface area contributed by atoms with Crippen LogP contribution in [-0.2, 0) is 19.4 Å². The summed E-state index contributed by atoms with van der Waals surface area (Å²) in [5.74, 6) is 1.55. The van der Waals surface area contributed by atoms with E-state index >= 15 is 0 Å². The number of benzene rings is 1. The number of aryl methyl sites for hydroxylation is 2. The van der Waals surface area contributed by atoms with Crippen molar-refractivity contribution >= 4 is 24.2 Å². The summed E-state index contributed by atoms with van der Waals surface area (Å²) in [5, 5.41) is 3.29. The number of pyridine rings is 1. The number of nitrogens with one attached hydrogen (secondary N) is 2. The van der Waals surface area contributed by atoms with Crippen molar-refractivity contribution in [3.8, 4) is 11.3 Å². The Balaban J connectivity index is 1.23. The third-order valence-electron chi connectivity index (χ3n) is 7.41. The highest BCUT2D eigenvalue weighted by molar-refractivity contribution is 5.93. The Hall–Kier alpha value is -3.49. The fourth-order valence-electron chi connectivity index (χ4n) is 5.25. The molecule has 38 heavy (non-hydrogen) atoms. The average Bonchev–Trinajstić information content (AvgIpc) is 3.32. The highest BCUT2D eigenvalue weighted by atomic mass is 15.1. The van der Waals surface area contributed by atoms with Crippen LogP contribution in [0.2, 0.25) is 0 Å². The van der Waals surface area contributed by atoms with Gasteiger partial charge in [-0.15, -0.1) is 0 Å². The molecule has 2 aliphatic heterocycles. The normalized spacial score (nSPS) is 18.8. The Morgan fingerprint density at radius 1 is 0.947 bits per heavy atom. The van der Waals surface area contributed by atoms with Crippen LogP contribution in [-0.4, -0.2) is 59.6 Å². The number of aliphatic imine (C=N–C) groups is 2. The number of nitrogens with zero attached hydrogens (tertiary/aromatic N) is 4. The molecule has 2 aliphatic rings. The number of H-pyrrole nitrogens is 1. The maximum absolute atomic E-state index is 6.24. The first kappa shape index (κ1) is 26.1. The number of nitrogens with two attached hydrogens (primary N) is 2. The zero-order valence-corrected chi connectivity index (χ0v) is 22.2. The summed E-state index contributed by atoms with van der Waals surface area (Å²) in [5.41, 5.74) is 19.2. The SMILES string of the molecule is Nc1ncc(CN2CCCC(N)C2)cc1CCc1ccc(-c2cc3c([nH]2)NC=NCCCCCN=C3)cc1. The minimum absolute atomic E-state index is 0.278. The number of fused-ring (bicyclic) bond motifs is 1. The summed E-state index contributed by atoms with van der Waals surface area (Å²) in [7, 11) is 0. The zero-order valence-electron chi connectivity index (χ0n) is 22.2. The van der Waals surface area contributed by atoms with Crippen LogP contribution in [0.15, 0.2) is 52.6 Å². The van der Waals surface area contributed by atoms with Crippen LogP contribution in [0.3, 0.4) is 0 Å². The van der Waals surface area contributed by atoms with Crippen molar-refractivity contribution in [1.29, 1.82) is 0 Å². The topological polar surface area (TPSA) is 121 Å². The van der Waals surface area contributed by atoms with Crippen molar-refractivity contribution in [3.05, 3.63) is 64.8 Å². The van der Waals surface area contributed by atoms with E-state index < -0.39 is 0 Å². The van der Waals surface area contributed by atoms with Gasteiger partial charge in [0.05, 0.1) is 6.34 Å². The molecule has 3 aromatic rings. The zero-order chi connectivity index (χ0) is 26.2. The molecule has 8 nitrogen and oxygen atoms in total. The lowest BCUT2D eigenvalue weighted by molar-refractivity contribution is 0.201. The highest BCUT2D eigenvalue weighted by Gasteiger charge is 2.17. The van der Waals surface area contributed by atoms with Gasteiger partial charge in [0.2, 0.25) is 0 Å². The van der Waals surface area contributed by atoms with Crippen LogP contribution in [0, 0.1) is 0 Å². The maximum Gasteiger partial charge on any atom is 0.126 e. The Labute approximate surface area is 225 Å². The van der Waals surface area contributed by atoms with E-state index in [0.717, 1.165) is 106 Å². The van der Waals surface area contributed by atoms with Gasteiger partial charge in [0.25, 0.3) is 0 Å². The molecule has 6 N–H and O–H groups in total. The molecule has 1 atom stereocenters. The number of hydrogen-bond acceptors (Lipinski definition) is 7. The summed E-state index contributed by atoms with van der Waals surface area (Å²) in [4.78, 5) is 19.5. The predicted octanol–water partition coefficient (Wildman–Crippen LogP) is 4.41. The van der Waals surface area contributed by atoms with Gasteiger partial charge in [-0.1, -0.05) is 24.3 Å². The molecule has 1 aromatic carbocycles. The van der Waals surface area contributed by atoms with Crippen LogP contribution < -0.4 is 16.8 Å². The summed E-state index contributed by atoms with van der Waals surface area (Å²) >= 11 is 0. The summed E-state index contributed by atoms with van der Waals surface area (Å²) in [6, 6.07) is 13.4. The minimum Gasteiger partial charge on any atom is -0.383 e. The number of aromatic nitrogens is 2. The van der Waals surface area contributed by atoms with Crippen LogP contribution in [0.4, 0.5) is 11.6 Å². The van der Waals surface area contributed by atoms with Crippen LogP contribution in [0.5, 0.6) is 0 Å². The van der Waals surface area contributed by atoms with Gasteiger partial charge in [-0.3, -0.25) is 14.9 Å². The minimum atomic E-state index is 0.278. The third kappa shape index (κ3) is 7.08. The lowest BCUT2D eigenvalue weighted by Gasteiger charge is -2.30. The molecule has 0 bridgehead atoms. The average molecular weight is 513 g/mol. The van der Waals surface area contributed by atoms with Gasteiger partial charge in [0, 0.05) is 55.9 Å². The number of likely N-dealkylation sites (tertiary alicyclic amines) is 1. The molecular formula is C30H40N8. The molecule has 0 spiro atoms. The molecule has 0 aliphatic carbocycles. The summed E-state index contributed by atoms with van der Waals surface area (Å²) in [6.45, 7) is 4.63. The second-order valence-electron chi connectivity index (χ2n) is 10.5. The second-order valence-corrected chi connectivity index (χ2v) is 10.5. The number of piperidine rings is 1. The maximum atomic E-state index is 6.24. The number of hydrogen-bond donors (Lipinski definition) is 4. The van der Waals surface area contributed by atoms with Crippen LogP contribution in [0.1, 0.15) is 54.4 Å². The predicted molar refractivity (Wildman–Crippen MR) is 158 cm³/mol. The Bertz CT molecular complexity index is 1240. The van der Waals surface area contributed by atoms with Crippen LogP contribution in [0.25, 0.3) is 11.3 Å². The number of rotatable bonds is 6.